The Labute approximate surface area is 119 Å². The van der Waals surface area contributed by atoms with Crippen LogP contribution in [-0.2, 0) is 0 Å². The fraction of sp³-hybridized carbons (Fsp3) is 0.294. The van der Waals surface area contributed by atoms with E-state index in [1.165, 1.54) is 0 Å². The molecular weight excluding hydrogens is 253 g/mol. The van der Waals surface area contributed by atoms with Crippen LogP contribution in [0.25, 0.3) is 0 Å². The number of benzene rings is 2. The topological polar surface area (TPSA) is 35.2 Å². The molecule has 0 radical (unpaired) electrons. The van der Waals surface area contributed by atoms with Gasteiger partial charge >= 0.3 is 0 Å². The lowest BCUT2D eigenvalue weighted by molar-refractivity contribution is 0.242. The first-order valence-electron chi connectivity index (χ1n) is 6.76. The van der Waals surface area contributed by atoms with Crippen molar-refractivity contribution in [3.63, 3.8) is 0 Å². The molecule has 1 unspecified atom stereocenters. The first-order chi connectivity index (χ1) is 9.49. The number of nitrogens with two attached hydrogens (primary N) is 1. The van der Waals surface area contributed by atoms with E-state index in [0.29, 0.717) is 11.1 Å². The van der Waals surface area contributed by atoms with Gasteiger partial charge in [-0.1, -0.05) is 30.3 Å². The first kappa shape index (κ1) is 14.5. The molecule has 0 aliphatic rings. The van der Waals surface area contributed by atoms with Gasteiger partial charge in [0.25, 0.3) is 0 Å². The number of hydrogen-bond acceptors (Lipinski definition) is 2. The van der Waals surface area contributed by atoms with Gasteiger partial charge in [0.2, 0.25) is 0 Å². The molecule has 2 aromatic rings. The standard InChI is InChI=1S/C17H20FNO/c1-11(2)20-14-9-7-13(8-10-14)17(19)15-6-4-5-12(3)16(15)18/h4-11,17H,19H2,1-3H3. The van der Waals surface area contributed by atoms with Gasteiger partial charge in [0.1, 0.15) is 11.6 Å². The SMILES string of the molecule is Cc1cccc(C(N)c2ccc(OC(C)C)cc2)c1F. The van der Waals surface area contributed by atoms with Crippen LogP contribution in [-0.4, -0.2) is 6.10 Å². The second-order valence-electron chi connectivity index (χ2n) is 5.19. The van der Waals surface area contributed by atoms with E-state index < -0.39 is 6.04 Å². The molecule has 106 valence electrons. The summed E-state index contributed by atoms with van der Waals surface area (Å²) in [5.74, 6) is 0.558. The van der Waals surface area contributed by atoms with E-state index in [-0.39, 0.29) is 11.9 Å². The molecular formula is C17H20FNO. The fourth-order valence-corrected chi connectivity index (χ4v) is 2.12. The quantitative estimate of drug-likeness (QED) is 0.914. The Morgan fingerprint density at radius 3 is 2.30 bits per heavy atom. The maximum atomic E-state index is 14.1. The van der Waals surface area contributed by atoms with Crippen LogP contribution in [0.5, 0.6) is 5.75 Å². The molecule has 2 nitrogen and oxygen atoms in total. The number of halogens is 1. The highest BCUT2D eigenvalue weighted by molar-refractivity contribution is 5.37. The average molecular weight is 273 g/mol. The van der Waals surface area contributed by atoms with E-state index in [1.54, 1.807) is 19.1 Å². The number of aryl methyl sites for hydroxylation is 1. The zero-order chi connectivity index (χ0) is 14.7. The molecule has 0 aliphatic heterocycles. The summed E-state index contributed by atoms with van der Waals surface area (Å²) in [5.41, 5.74) is 8.15. The van der Waals surface area contributed by atoms with Crippen molar-refractivity contribution in [2.45, 2.75) is 32.9 Å². The minimum absolute atomic E-state index is 0.128. The smallest absolute Gasteiger partial charge is 0.131 e. The van der Waals surface area contributed by atoms with Gasteiger partial charge < -0.3 is 10.5 Å². The highest BCUT2D eigenvalue weighted by Gasteiger charge is 2.14. The van der Waals surface area contributed by atoms with Crippen LogP contribution in [0.4, 0.5) is 4.39 Å². The molecule has 20 heavy (non-hydrogen) atoms. The Morgan fingerprint density at radius 1 is 1.05 bits per heavy atom. The number of rotatable bonds is 4. The lowest BCUT2D eigenvalue weighted by Crippen LogP contribution is -2.14. The molecule has 0 heterocycles. The monoisotopic (exact) mass is 273 g/mol. The summed E-state index contributed by atoms with van der Waals surface area (Å²) < 4.78 is 19.7. The Bertz CT molecular complexity index is 578. The van der Waals surface area contributed by atoms with Gasteiger partial charge in [-0.3, -0.25) is 0 Å². The van der Waals surface area contributed by atoms with Crippen molar-refractivity contribution in [1.82, 2.24) is 0 Å². The maximum Gasteiger partial charge on any atom is 0.131 e. The molecule has 0 saturated carbocycles. The Hall–Kier alpha value is -1.87. The van der Waals surface area contributed by atoms with E-state index in [0.717, 1.165) is 11.3 Å². The van der Waals surface area contributed by atoms with E-state index in [1.807, 2.05) is 44.2 Å². The van der Waals surface area contributed by atoms with Gasteiger partial charge in [-0.2, -0.15) is 0 Å². The fourth-order valence-electron chi connectivity index (χ4n) is 2.12. The van der Waals surface area contributed by atoms with Crippen molar-refractivity contribution < 1.29 is 9.13 Å². The van der Waals surface area contributed by atoms with Crippen molar-refractivity contribution in [3.05, 3.63) is 65.0 Å². The Kier molecular flexibility index (Phi) is 4.40. The normalized spacial score (nSPS) is 12.5. The van der Waals surface area contributed by atoms with Crippen LogP contribution in [0, 0.1) is 12.7 Å². The predicted molar refractivity (Wildman–Crippen MR) is 79.4 cm³/mol. The third-order valence-corrected chi connectivity index (χ3v) is 3.17. The van der Waals surface area contributed by atoms with Crippen molar-refractivity contribution in [2.24, 2.45) is 5.73 Å². The Morgan fingerprint density at radius 2 is 1.70 bits per heavy atom. The van der Waals surface area contributed by atoms with Crippen molar-refractivity contribution in [3.8, 4) is 5.75 Å². The summed E-state index contributed by atoms with van der Waals surface area (Å²) in [4.78, 5) is 0. The lowest BCUT2D eigenvalue weighted by atomic mass is 9.97. The van der Waals surface area contributed by atoms with Gasteiger partial charge in [-0.15, -0.1) is 0 Å². The van der Waals surface area contributed by atoms with Crippen LogP contribution < -0.4 is 10.5 Å². The lowest BCUT2D eigenvalue weighted by Gasteiger charge is -2.16. The van der Waals surface area contributed by atoms with Crippen LogP contribution in [0.3, 0.4) is 0 Å². The van der Waals surface area contributed by atoms with Crippen LogP contribution in [0.1, 0.15) is 36.6 Å². The van der Waals surface area contributed by atoms with E-state index >= 15 is 0 Å². The molecule has 2 N–H and O–H groups in total. The minimum atomic E-state index is -0.469. The van der Waals surface area contributed by atoms with E-state index in [2.05, 4.69) is 0 Å². The Balaban J connectivity index is 2.25. The summed E-state index contributed by atoms with van der Waals surface area (Å²) >= 11 is 0. The van der Waals surface area contributed by atoms with Gasteiger partial charge in [0, 0.05) is 5.56 Å². The van der Waals surface area contributed by atoms with Crippen molar-refractivity contribution in [1.29, 1.82) is 0 Å². The molecule has 0 amide bonds. The largest absolute Gasteiger partial charge is 0.491 e. The molecule has 2 rings (SSSR count). The zero-order valence-electron chi connectivity index (χ0n) is 12.1. The first-order valence-corrected chi connectivity index (χ1v) is 6.76. The summed E-state index contributed by atoms with van der Waals surface area (Å²) in [6.45, 7) is 5.69. The van der Waals surface area contributed by atoms with Crippen LogP contribution in [0.2, 0.25) is 0 Å². The molecule has 0 aliphatic carbocycles. The van der Waals surface area contributed by atoms with Crippen LogP contribution >= 0.6 is 0 Å². The zero-order valence-corrected chi connectivity index (χ0v) is 12.1. The van der Waals surface area contributed by atoms with Gasteiger partial charge in [0.05, 0.1) is 12.1 Å². The highest BCUT2D eigenvalue weighted by Crippen LogP contribution is 2.25. The molecule has 0 bridgehead atoms. The molecule has 0 saturated heterocycles. The third-order valence-electron chi connectivity index (χ3n) is 3.17. The van der Waals surface area contributed by atoms with Crippen LogP contribution in [0.15, 0.2) is 42.5 Å². The van der Waals surface area contributed by atoms with Crippen molar-refractivity contribution in [2.75, 3.05) is 0 Å². The average Bonchev–Trinajstić information content (AvgIpc) is 2.41. The van der Waals surface area contributed by atoms with E-state index in [4.69, 9.17) is 10.5 Å². The minimum Gasteiger partial charge on any atom is -0.491 e. The molecule has 2 aromatic carbocycles. The third kappa shape index (κ3) is 3.17. The van der Waals surface area contributed by atoms with Gasteiger partial charge in [-0.05, 0) is 44.0 Å². The second kappa shape index (κ2) is 6.06. The summed E-state index contributed by atoms with van der Waals surface area (Å²) in [6.07, 6.45) is 0.128. The highest BCUT2D eigenvalue weighted by atomic mass is 19.1. The summed E-state index contributed by atoms with van der Waals surface area (Å²) in [5, 5.41) is 0. The predicted octanol–water partition coefficient (Wildman–Crippen LogP) is 3.97. The van der Waals surface area contributed by atoms with E-state index in [9.17, 15) is 4.39 Å². The van der Waals surface area contributed by atoms with Crippen molar-refractivity contribution >= 4 is 0 Å². The molecule has 0 spiro atoms. The number of hydrogen-bond donors (Lipinski definition) is 1. The molecule has 0 fully saturated rings. The maximum absolute atomic E-state index is 14.1. The number of ether oxygens (including phenoxy) is 1. The molecule has 3 heteroatoms. The summed E-state index contributed by atoms with van der Waals surface area (Å²) in [6, 6.07) is 12.3. The summed E-state index contributed by atoms with van der Waals surface area (Å²) in [7, 11) is 0. The molecule has 0 aromatic heterocycles. The van der Waals surface area contributed by atoms with Gasteiger partial charge in [0.15, 0.2) is 0 Å². The molecule has 1 atom stereocenters. The second-order valence-corrected chi connectivity index (χ2v) is 5.19. The van der Waals surface area contributed by atoms with Gasteiger partial charge in [-0.25, -0.2) is 4.39 Å².